The molecule has 14 heavy (non-hydrogen) atoms. The molecule has 0 atom stereocenters. The second-order valence-corrected chi connectivity index (χ2v) is 5.66. The highest BCUT2D eigenvalue weighted by Gasteiger charge is 2.06. The molecule has 0 fully saturated rings. The lowest BCUT2D eigenvalue weighted by Gasteiger charge is -2.03. The molecule has 0 amide bonds. The van der Waals surface area contributed by atoms with Crippen LogP contribution in [0, 0.1) is 3.57 Å². The fourth-order valence-corrected chi connectivity index (χ4v) is 2.80. The molecule has 0 aliphatic carbocycles. The normalized spacial score (nSPS) is 10.2. The standard InChI is InChI=1S/C10H10BrIOS/c1-14-9-5-7(4-8(12)6-9)10(13)2-3-11/h4-6H,2-3H2,1H3. The number of Topliss-reactive ketones (excluding diaryl/α,β-unsaturated/α-hetero) is 1. The van der Waals surface area contributed by atoms with E-state index in [0.717, 1.165) is 19.4 Å². The van der Waals surface area contributed by atoms with Gasteiger partial charge in [-0.25, -0.2) is 0 Å². The molecule has 0 aromatic heterocycles. The average molecular weight is 385 g/mol. The smallest absolute Gasteiger partial charge is 0.163 e. The summed E-state index contributed by atoms with van der Waals surface area (Å²) in [5.41, 5.74) is 0.820. The number of hydrogen-bond donors (Lipinski definition) is 0. The van der Waals surface area contributed by atoms with Gasteiger partial charge in [-0.05, 0) is 47.0 Å². The van der Waals surface area contributed by atoms with Crippen LogP contribution in [0.15, 0.2) is 23.1 Å². The summed E-state index contributed by atoms with van der Waals surface area (Å²) < 4.78 is 1.12. The zero-order valence-electron chi connectivity index (χ0n) is 7.72. The highest BCUT2D eigenvalue weighted by molar-refractivity contribution is 14.1. The Hall–Kier alpha value is 0.450. The van der Waals surface area contributed by atoms with Crippen LogP contribution >= 0.6 is 50.3 Å². The Labute approximate surface area is 110 Å². The number of thioether (sulfide) groups is 1. The van der Waals surface area contributed by atoms with Crippen LogP contribution in [0.2, 0.25) is 0 Å². The molecule has 0 spiro atoms. The van der Waals surface area contributed by atoms with Gasteiger partial charge in [0.15, 0.2) is 5.78 Å². The highest BCUT2D eigenvalue weighted by Crippen LogP contribution is 2.21. The summed E-state index contributed by atoms with van der Waals surface area (Å²) in [6.07, 6.45) is 2.58. The Morgan fingerprint density at radius 2 is 2.21 bits per heavy atom. The van der Waals surface area contributed by atoms with E-state index >= 15 is 0 Å². The van der Waals surface area contributed by atoms with E-state index in [9.17, 15) is 4.79 Å². The van der Waals surface area contributed by atoms with Crippen molar-refractivity contribution in [2.24, 2.45) is 0 Å². The number of hydrogen-bond acceptors (Lipinski definition) is 2. The van der Waals surface area contributed by atoms with Crippen molar-refractivity contribution in [2.45, 2.75) is 11.3 Å². The molecule has 1 aromatic rings. The lowest BCUT2D eigenvalue weighted by molar-refractivity contribution is 0.0989. The van der Waals surface area contributed by atoms with Crippen LogP contribution in [0.1, 0.15) is 16.8 Å². The van der Waals surface area contributed by atoms with Gasteiger partial charge < -0.3 is 0 Å². The Bertz CT molecular complexity index is 341. The maximum atomic E-state index is 11.6. The average Bonchev–Trinajstić information content (AvgIpc) is 2.17. The van der Waals surface area contributed by atoms with Crippen LogP contribution in [0.25, 0.3) is 0 Å². The topological polar surface area (TPSA) is 17.1 Å². The zero-order chi connectivity index (χ0) is 10.6. The molecule has 0 heterocycles. The Kier molecular flexibility index (Phi) is 5.48. The van der Waals surface area contributed by atoms with Gasteiger partial charge in [0, 0.05) is 25.8 Å². The SMILES string of the molecule is CSc1cc(I)cc(C(=O)CCBr)c1. The van der Waals surface area contributed by atoms with Gasteiger partial charge in [0.2, 0.25) is 0 Å². The largest absolute Gasteiger partial charge is 0.294 e. The second kappa shape index (κ2) is 6.12. The number of rotatable bonds is 4. The fraction of sp³-hybridized carbons (Fsp3) is 0.300. The number of carbonyl (C=O) groups is 1. The monoisotopic (exact) mass is 384 g/mol. The van der Waals surface area contributed by atoms with Gasteiger partial charge in [-0.1, -0.05) is 15.9 Å². The molecule has 1 nitrogen and oxygen atoms in total. The van der Waals surface area contributed by atoms with E-state index in [-0.39, 0.29) is 5.78 Å². The van der Waals surface area contributed by atoms with Crippen molar-refractivity contribution in [1.82, 2.24) is 0 Å². The van der Waals surface area contributed by atoms with Gasteiger partial charge in [-0.2, -0.15) is 0 Å². The molecule has 0 saturated carbocycles. The summed E-state index contributed by atoms with van der Waals surface area (Å²) in [6.45, 7) is 0. The summed E-state index contributed by atoms with van der Waals surface area (Å²) in [6, 6.07) is 5.97. The lowest BCUT2D eigenvalue weighted by Crippen LogP contribution is -2.00. The van der Waals surface area contributed by atoms with Crippen LogP contribution in [0.5, 0.6) is 0 Å². The predicted molar refractivity (Wildman–Crippen MR) is 73.7 cm³/mol. The van der Waals surface area contributed by atoms with Crippen LogP contribution in [-0.4, -0.2) is 17.4 Å². The Morgan fingerprint density at radius 3 is 2.79 bits per heavy atom. The van der Waals surface area contributed by atoms with Gasteiger partial charge in [-0.15, -0.1) is 11.8 Å². The summed E-state index contributed by atoms with van der Waals surface area (Å²) in [5, 5.41) is 0.728. The molecular weight excluding hydrogens is 375 g/mol. The highest BCUT2D eigenvalue weighted by atomic mass is 127. The van der Waals surface area contributed by atoms with E-state index in [2.05, 4.69) is 44.6 Å². The van der Waals surface area contributed by atoms with Gasteiger partial charge in [0.25, 0.3) is 0 Å². The van der Waals surface area contributed by atoms with Crippen molar-refractivity contribution >= 4 is 56.1 Å². The van der Waals surface area contributed by atoms with Crippen molar-refractivity contribution in [1.29, 1.82) is 0 Å². The number of ketones is 1. The molecule has 0 N–H and O–H groups in total. The molecular formula is C10H10BrIOS. The first-order valence-corrected chi connectivity index (χ1v) is 7.53. The van der Waals surface area contributed by atoms with E-state index in [1.54, 1.807) is 11.8 Å². The minimum atomic E-state index is 0.204. The van der Waals surface area contributed by atoms with Gasteiger partial charge in [0.1, 0.15) is 0 Å². The first-order chi connectivity index (χ1) is 6.67. The number of carbonyl (C=O) groups excluding carboxylic acids is 1. The van der Waals surface area contributed by atoms with E-state index in [1.807, 2.05) is 18.4 Å². The second-order valence-electron chi connectivity index (χ2n) is 2.74. The van der Waals surface area contributed by atoms with Gasteiger partial charge in [0.05, 0.1) is 0 Å². The number of alkyl halides is 1. The van der Waals surface area contributed by atoms with Crippen molar-refractivity contribution in [2.75, 3.05) is 11.6 Å². The molecule has 0 unspecified atom stereocenters. The zero-order valence-corrected chi connectivity index (χ0v) is 12.3. The summed E-state index contributed by atoms with van der Waals surface area (Å²) in [7, 11) is 0. The molecule has 0 saturated heterocycles. The van der Waals surface area contributed by atoms with Crippen molar-refractivity contribution < 1.29 is 4.79 Å². The molecule has 0 radical (unpaired) electrons. The summed E-state index contributed by atoms with van der Waals surface area (Å²) >= 11 is 7.18. The molecule has 0 bridgehead atoms. The molecule has 0 aliphatic heterocycles. The van der Waals surface area contributed by atoms with Crippen LogP contribution in [0.3, 0.4) is 0 Å². The molecule has 1 aromatic carbocycles. The molecule has 4 heteroatoms. The third-order valence-electron chi connectivity index (χ3n) is 1.75. The fourth-order valence-electron chi connectivity index (χ4n) is 1.07. The summed E-state index contributed by atoms with van der Waals surface area (Å²) in [4.78, 5) is 12.8. The summed E-state index contributed by atoms with van der Waals surface area (Å²) in [5.74, 6) is 0.204. The van der Waals surface area contributed by atoms with Crippen LogP contribution < -0.4 is 0 Å². The van der Waals surface area contributed by atoms with E-state index in [0.29, 0.717) is 6.42 Å². The first kappa shape index (κ1) is 12.5. The van der Waals surface area contributed by atoms with Crippen molar-refractivity contribution in [3.05, 3.63) is 27.3 Å². The van der Waals surface area contributed by atoms with E-state index < -0.39 is 0 Å². The Balaban J connectivity index is 2.96. The lowest BCUT2D eigenvalue weighted by atomic mass is 10.1. The molecule has 1 rings (SSSR count). The molecule has 76 valence electrons. The minimum Gasteiger partial charge on any atom is -0.294 e. The maximum absolute atomic E-state index is 11.6. The van der Waals surface area contributed by atoms with Crippen molar-refractivity contribution in [3.8, 4) is 0 Å². The van der Waals surface area contributed by atoms with Crippen molar-refractivity contribution in [3.63, 3.8) is 0 Å². The van der Waals surface area contributed by atoms with Crippen LogP contribution in [0.4, 0.5) is 0 Å². The third-order valence-corrected chi connectivity index (χ3v) is 3.48. The first-order valence-electron chi connectivity index (χ1n) is 4.11. The maximum Gasteiger partial charge on any atom is 0.163 e. The van der Waals surface area contributed by atoms with Crippen LogP contribution in [-0.2, 0) is 0 Å². The Morgan fingerprint density at radius 1 is 1.50 bits per heavy atom. The van der Waals surface area contributed by atoms with Gasteiger partial charge >= 0.3 is 0 Å². The van der Waals surface area contributed by atoms with E-state index in [1.165, 1.54) is 0 Å². The number of halogens is 2. The minimum absolute atomic E-state index is 0.204. The number of benzene rings is 1. The molecule has 0 aliphatic rings. The van der Waals surface area contributed by atoms with E-state index in [4.69, 9.17) is 0 Å². The quantitative estimate of drug-likeness (QED) is 0.338. The third kappa shape index (κ3) is 3.55. The predicted octanol–water partition coefficient (Wildman–Crippen LogP) is 3.98. The van der Waals surface area contributed by atoms with Gasteiger partial charge in [-0.3, -0.25) is 4.79 Å².